The van der Waals surface area contributed by atoms with Crippen molar-refractivity contribution in [3.05, 3.63) is 23.5 Å². The molecule has 0 saturated carbocycles. The molecule has 1 rings (SSSR count). The van der Waals surface area contributed by atoms with E-state index >= 15 is 0 Å². The minimum Gasteiger partial charge on any atom is -0.460 e. The van der Waals surface area contributed by atoms with Crippen LogP contribution in [0.3, 0.4) is 0 Å². The predicted molar refractivity (Wildman–Crippen MR) is 64.8 cm³/mol. The van der Waals surface area contributed by atoms with Crippen LogP contribution in [-0.2, 0) is 20.9 Å². The van der Waals surface area contributed by atoms with E-state index in [-0.39, 0.29) is 18.3 Å². The van der Waals surface area contributed by atoms with Gasteiger partial charge in [0, 0.05) is 11.4 Å². The average molecular weight is 237 g/mol. The molecular weight excluding hydrogens is 218 g/mol. The third-order valence-electron chi connectivity index (χ3n) is 2.58. The second-order valence-electron chi connectivity index (χ2n) is 4.41. The number of aryl methyl sites for hydroxylation is 2. The Hall–Kier alpha value is -1.58. The van der Waals surface area contributed by atoms with Crippen LogP contribution in [0.25, 0.3) is 0 Å². The first-order valence-electron chi connectivity index (χ1n) is 5.71. The summed E-state index contributed by atoms with van der Waals surface area (Å²) in [6.45, 7) is 7.85. The lowest BCUT2D eigenvalue weighted by Crippen LogP contribution is -2.22. The third kappa shape index (κ3) is 4.06. The standard InChI is InChI=1S/C13H19NO3/c1-9-5-6-10(2)14(9)8-12(4)17-13(16)7-11(3)15/h5-6,12H,7-8H2,1-4H3. The predicted octanol–water partition coefficient (Wildman–Crippen LogP) is 2.02. The average Bonchev–Trinajstić information content (AvgIpc) is 2.47. The molecule has 0 amide bonds. The fraction of sp³-hybridized carbons (Fsp3) is 0.538. The van der Waals surface area contributed by atoms with E-state index in [0.717, 1.165) is 11.4 Å². The summed E-state index contributed by atoms with van der Waals surface area (Å²) in [6, 6.07) is 4.05. The van der Waals surface area contributed by atoms with Crippen LogP contribution < -0.4 is 0 Å². The van der Waals surface area contributed by atoms with E-state index in [0.29, 0.717) is 6.54 Å². The van der Waals surface area contributed by atoms with Crippen LogP contribution in [0.15, 0.2) is 12.1 Å². The van der Waals surface area contributed by atoms with Crippen LogP contribution in [0.2, 0.25) is 0 Å². The van der Waals surface area contributed by atoms with E-state index in [1.165, 1.54) is 6.92 Å². The summed E-state index contributed by atoms with van der Waals surface area (Å²) in [4.78, 5) is 22.1. The van der Waals surface area contributed by atoms with Crippen molar-refractivity contribution in [2.24, 2.45) is 0 Å². The summed E-state index contributed by atoms with van der Waals surface area (Å²) < 4.78 is 7.25. The zero-order valence-corrected chi connectivity index (χ0v) is 10.8. The number of carbonyl (C=O) groups is 2. The van der Waals surface area contributed by atoms with Crippen LogP contribution in [-0.4, -0.2) is 22.4 Å². The summed E-state index contributed by atoms with van der Waals surface area (Å²) in [7, 11) is 0. The van der Waals surface area contributed by atoms with Crippen molar-refractivity contribution in [2.45, 2.75) is 46.8 Å². The highest BCUT2D eigenvalue weighted by Crippen LogP contribution is 2.09. The van der Waals surface area contributed by atoms with Crippen molar-refractivity contribution >= 4 is 11.8 Å². The zero-order chi connectivity index (χ0) is 13.0. The van der Waals surface area contributed by atoms with Gasteiger partial charge in [0.15, 0.2) is 0 Å². The second-order valence-corrected chi connectivity index (χ2v) is 4.41. The van der Waals surface area contributed by atoms with Crippen molar-refractivity contribution in [3.8, 4) is 0 Å². The van der Waals surface area contributed by atoms with Crippen LogP contribution in [0.5, 0.6) is 0 Å². The maximum atomic E-state index is 11.3. The van der Waals surface area contributed by atoms with E-state index in [9.17, 15) is 9.59 Å². The SMILES string of the molecule is CC(=O)CC(=O)OC(C)Cn1c(C)ccc1C. The molecule has 0 aromatic carbocycles. The molecule has 4 heteroatoms. The largest absolute Gasteiger partial charge is 0.460 e. The van der Waals surface area contributed by atoms with Gasteiger partial charge in [0.05, 0.1) is 6.54 Å². The molecule has 0 spiro atoms. The first-order chi connectivity index (χ1) is 7.90. The Labute approximate surface area is 102 Å². The van der Waals surface area contributed by atoms with Gasteiger partial charge in [-0.05, 0) is 39.8 Å². The van der Waals surface area contributed by atoms with E-state index in [4.69, 9.17) is 4.74 Å². The molecule has 0 radical (unpaired) electrons. The van der Waals surface area contributed by atoms with Gasteiger partial charge in [-0.2, -0.15) is 0 Å². The molecule has 0 aliphatic rings. The number of nitrogens with zero attached hydrogens (tertiary/aromatic N) is 1. The molecule has 1 aromatic rings. The quantitative estimate of drug-likeness (QED) is 0.581. The summed E-state index contributed by atoms with van der Waals surface area (Å²) in [5.41, 5.74) is 2.27. The summed E-state index contributed by atoms with van der Waals surface area (Å²) in [5.74, 6) is -0.622. The van der Waals surface area contributed by atoms with Gasteiger partial charge in [-0.1, -0.05) is 0 Å². The van der Waals surface area contributed by atoms with Crippen LogP contribution >= 0.6 is 0 Å². The van der Waals surface area contributed by atoms with Crippen LogP contribution in [0, 0.1) is 13.8 Å². The fourth-order valence-corrected chi connectivity index (χ4v) is 1.75. The Morgan fingerprint density at radius 3 is 2.29 bits per heavy atom. The van der Waals surface area contributed by atoms with Gasteiger partial charge >= 0.3 is 5.97 Å². The summed E-state index contributed by atoms with van der Waals surface area (Å²) in [6.07, 6.45) is -0.375. The Kier molecular flexibility index (Phi) is 4.49. The highest BCUT2D eigenvalue weighted by atomic mass is 16.5. The first-order valence-corrected chi connectivity index (χ1v) is 5.71. The minimum atomic E-state index is -0.451. The van der Waals surface area contributed by atoms with Crippen molar-refractivity contribution in [3.63, 3.8) is 0 Å². The normalized spacial score (nSPS) is 12.2. The fourth-order valence-electron chi connectivity index (χ4n) is 1.75. The van der Waals surface area contributed by atoms with Gasteiger partial charge in [0.2, 0.25) is 0 Å². The molecule has 94 valence electrons. The van der Waals surface area contributed by atoms with Gasteiger partial charge < -0.3 is 9.30 Å². The number of aromatic nitrogens is 1. The van der Waals surface area contributed by atoms with E-state index in [2.05, 4.69) is 4.57 Å². The topological polar surface area (TPSA) is 48.3 Å². The number of hydrogen-bond acceptors (Lipinski definition) is 3. The van der Waals surface area contributed by atoms with Crippen LogP contribution in [0.4, 0.5) is 0 Å². The van der Waals surface area contributed by atoms with E-state index in [1.807, 2.05) is 32.9 Å². The molecule has 0 aliphatic heterocycles. The van der Waals surface area contributed by atoms with Crippen molar-refractivity contribution < 1.29 is 14.3 Å². The van der Waals surface area contributed by atoms with Crippen LogP contribution in [0.1, 0.15) is 31.7 Å². The van der Waals surface area contributed by atoms with Gasteiger partial charge in [0.1, 0.15) is 18.3 Å². The molecule has 1 heterocycles. The zero-order valence-electron chi connectivity index (χ0n) is 10.8. The Morgan fingerprint density at radius 2 is 1.82 bits per heavy atom. The number of hydrogen-bond donors (Lipinski definition) is 0. The lowest BCUT2D eigenvalue weighted by atomic mass is 10.3. The monoisotopic (exact) mass is 237 g/mol. The molecule has 17 heavy (non-hydrogen) atoms. The minimum absolute atomic E-state index is 0.145. The van der Waals surface area contributed by atoms with Gasteiger partial charge in [-0.25, -0.2) is 0 Å². The van der Waals surface area contributed by atoms with Gasteiger partial charge in [-0.15, -0.1) is 0 Å². The Morgan fingerprint density at radius 1 is 1.29 bits per heavy atom. The van der Waals surface area contributed by atoms with Crippen molar-refractivity contribution in [1.82, 2.24) is 4.57 Å². The molecule has 0 N–H and O–H groups in total. The third-order valence-corrected chi connectivity index (χ3v) is 2.58. The lowest BCUT2D eigenvalue weighted by Gasteiger charge is -2.16. The Bertz CT molecular complexity index is 401. The molecule has 1 atom stereocenters. The number of rotatable bonds is 5. The van der Waals surface area contributed by atoms with E-state index in [1.54, 1.807) is 0 Å². The smallest absolute Gasteiger partial charge is 0.313 e. The summed E-state index contributed by atoms with van der Waals surface area (Å²) in [5, 5.41) is 0. The number of ketones is 1. The molecule has 1 aromatic heterocycles. The lowest BCUT2D eigenvalue weighted by molar-refractivity contribution is -0.150. The van der Waals surface area contributed by atoms with E-state index < -0.39 is 5.97 Å². The molecule has 0 fully saturated rings. The molecule has 1 unspecified atom stereocenters. The van der Waals surface area contributed by atoms with Gasteiger partial charge in [0.25, 0.3) is 0 Å². The number of Topliss-reactive ketones (excluding diaryl/α,β-unsaturated/α-hetero) is 1. The molecule has 0 aliphatic carbocycles. The molecule has 0 saturated heterocycles. The molecule has 0 bridgehead atoms. The first kappa shape index (κ1) is 13.5. The highest BCUT2D eigenvalue weighted by Gasteiger charge is 2.13. The molecule has 4 nitrogen and oxygen atoms in total. The maximum Gasteiger partial charge on any atom is 0.313 e. The maximum absolute atomic E-state index is 11.3. The van der Waals surface area contributed by atoms with Crippen molar-refractivity contribution in [1.29, 1.82) is 0 Å². The highest BCUT2D eigenvalue weighted by molar-refractivity contribution is 5.94. The second kappa shape index (κ2) is 5.66. The Balaban J connectivity index is 2.53. The van der Waals surface area contributed by atoms with Crippen molar-refractivity contribution in [2.75, 3.05) is 0 Å². The number of esters is 1. The number of ether oxygens (including phenoxy) is 1. The summed E-state index contributed by atoms with van der Waals surface area (Å²) >= 11 is 0. The van der Waals surface area contributed by atoms with Gasteiger partial charge in [-0.3, -0.25) is 9.59 Å². The number of carbonyl (C=O) groups excluding carboxylic acids is 2. The molecular formula is C13H19NO3.